The number of anilines is 1. The van der Waals surface area contributed by atoms with Crippen LogP contribution in [0.15, 0.2) is 71.8 Å². The molecule has 8 heteroatoms. The van der Waals surface area contributed by atoms with Crippen molar-refractivity contribution in [2.24, 2.45) is 0 Å². The lowest BCUT2D eigenvalue weighted by Crippen LogP contribution is -2.32. The largest absolute Gasteiger partial charge is 0.453 e. The number of carbonyl (C=O) groups excluding carboxylic acids is 1. The van der Waals surface area contributed by atoms with Crippen LogP contribution < -0.4 is 9.64 Å². The second-order valence-electron chi connectivity index (χ2n) is 7.29. The number of nitrogens with zero attached hydrogens (tertiary/aromatic N) is 3. The fraction of sp³-hybridized carbons (Fsp3) is 0.217. The molecule has 0 saturated carbocycles. The van der Waals surface area contributed by atoms with Crippen LogP contribution in [0.5, 0.6) is 11.5 Å². The quantitative estimate of drug-likeness (QED) is 0.581. The fourth-order valence-corrected chi connectivity index (χ4v) is 4.67. The number of hydrogen-bond acceptors (Lipinski definition) is 5. The summed E-state index contributed by atoms with van der Waals surface area (Å²) in [6.45, 7) is 2.63. The van der Waals surface area contributed by atoms with Crippen LogP contribution in [0.1, 0.15) is 29.3 Å². The molecule has 0 radical (unpaired) electrons. The molecule has 3 aromatic rings. The van der Waals surface area contributed by atoms with Crippen LogP contribution in [0.4, 0.5) is 5.82 Å². The molecule has 1 amide bonds. The molecule has 1 aromatic heterocycles. The number of hydrogen-bond donors (Lipinski definition) is 0. The van der Waals surface area contributed by atoms with Crippen molar-refractivity contribution in [1.29, 1.82) is 0 Å². The van der Waals surface area contributed by atoms with E-state index >= 15 is 0 Å². The number of fused-ring (bicyclic) bond motifs is 2. The Morgan fingerprint density at radius 3 is 2.55 bits per heavy atom. The number of ether oxygens (including phenoxy) is 1. The molecule has 0 atom stereocenters. The summed E-state index contributed by atoms with van der Waals surface area (Å²) in [4.78, 5) is 19.2. The molecule has 2 aromatic carbocycles. The van der Waals surface area contributed by atoms with E-state index in [1.165, 1.54) is 34.5 Å². The minimum absolute atomic E-state index is 0.0389. The average molecular weight is 438 g/mol. The van der Waals surface area contributed by atoms with Gasteiger partial charge in [0.05, 0.1) is 10.5 Å². The number of rotatable bonds is 6. The molecule has 7 nitrogen and oxygen atoms in total. The summed E-state index contributed by atoms with van der Waals surface area (Å²) in [5, 5.41) is 0. The molecule has 4 rings (SSSR count). The summed E-state index contributed by atoms with van der Waals surface area (Å²) in [6.07, 6.45) is 2.32. The maximum absolute atomic E-state index is 13.3. The summed E-state index contributed by atoms with van der Waals surface area (Å²) in [6, 6.07) is 17.2. The van der Waals surface area contributed by atoms with Crippen molar-refractivity contribution in [3.8, 4) is 11.5 Å². The second kappa shape index (κ2) is 8.49. The Morgan fingerprint density at radius 1 is 1.03 bits per heavy atom. The molecule has 1 aliphatic rings. The van der Waals surface area contributed by atoms with Crippen LogP contribution in [-0.2, 0) is 16.6 Å². The Bertz CT molecular complexity index is 1210. The SMILES string of the molecule is CCCN1C(=O)c2cc(S(=O)(=O)N(C)Cc3ccccc3)ccc2Oc2cccnc21. The third-order valence-corrected chi connectivity index (χ3v) is 6.86. The van der Waals surface area contributed by atoms with Gasteiger partial charge in [0.15, 0.2) is 11.6 Å². The van der Waals surface area contributed by atoms with Gasteiger partial charge in [0.1, 0.15) is 5.75 Å². The highest BCUT2D eigenvalue weighted by Crippen LogP contribution is 2.38. The molecule has 160 valence electrons. The average Bonchev–Trinajstić information content (AvgIpc) is 2.89. The Hall–Kier alpha value is -3.23. The third-order valence-electron chi connectivity index (χ3n) is 5.06. The second-order valence-corrected chi connectivity index (χ2v) is 9.33. The molecule has 0 unspecified atom stereocenters. The number of sulfonamides is 1. The van der Waals surface area contributed by atoms with Gasteiger partial charge in [-0.2, -0.15) is 4.31 Å². The summed E-state index contributed by atoms with van der Waals surface area (Å²) in [7, 11) is -2.29. The molecular weight excluding hydrogens is 414 g/mol. The highest BCUT2D eigenvalue weighted by atomic mass is 32.2. The predicted molar refractivity (Wildman–Crippen MR) is 118 cm³/mol. The van der Waals surface area contributed by atoms with E-state index in [2.05, 4.69) is 4.98 Å². The van der Waals surface area contributed by atoms with Crippen molar-refractivity contribution in [1.82, 2.24) is 9.29 Å². The summed E-state index contributed by atoms with van der Waals surface area (Å²) in [5.74, 6) is 0.857. The van der Waals surface area contributed by atoms with Crippen LogP contribution in [0, 0.1) is 0 Å². The maximum atomic E-state index is 13.3. The Labute approximate surface area is 182 Å². The number of amides is 1. The van der Waals surface area contributed by atoms with Crippen LogP contribution in [0.25, 0.3) is 0 Å². The van der Waals surface area contributed by atoms with E-state index in [1.54, 1.807) is 18.3 Å². The summed E-state index contributed by atoms with van der Waals surface area (Å²) < 4.78 is 33.6. The van der Waals surface area contributed by atoms with Gasteiger partial charge in [-0.05, 0) is 42.3 Å². The zero-order chi connectivity index (χ0) is 22.0. The third kappa shape index (κ3) is 4.04. The molecule has 0 N–H and O–H groups in total. The molecular formula is C23H23N3O4S. The molecule has 0 aliphatic carbocycles. The first kappa shape index (κ1) is 21.0. The lowest BCUT2D eigenvalue weighted by Gasteiger charge is -2.20. The van der Waals surface area contributed by atoms with E-state index in [4.69, 9.17) is 4.74 Å². The van der Waals surface area contributed by atoms with Crippen LogP contribution >= 0.6 is 0 Å². The molecule has 1 aliphatic heterocycles. The maximum Gasteiger partial charge on any atom is 0.263 e. The van der Waals surface area contributed by atoms with Crippen molar-refractivity contribution >= 4 is 21.7 Å². The first-order chi connectivity index (χ1) is 14.9. The van der Waals surface area contributed by atoms with Crippen LogP contribution in [-0.4, -0.2) is 37.2 Å². The van der Waals surface area contributed by atoms with Crippen LogP contribution in [0.2, 0.25) is 0 Å². The van der Waals surface area contributed by atoms with Gasteiger partial charge < -0.3 is 4.74 Å². The number of aromatic nitrogens is 1. The van der Waals surface area contributed by atoms with E-state index in [1.807, 2.05) is 37.3 Å². The highest BCUT2D eigenvalue weighted by Gasteiger charge is 2.31. The van der Waals surface area contributed by atoms with Crippen molar-refractivity contribution in [3.63, 3.8) is 0 Å². The van der Waals surface area contributed by atoms with E-state index in [-0.39, 0.29) is 22.9 Å². The summed E-state index contributed by atoms with van der Waals surface area (Å²) in [5.41, 5.74) is 1.07. The van der Waals surface area contributed by atoms with E-state index < -0.39 is 10.0 Å². The lowest BCUT2D eigenvalue weighted by molar-refractivity contribution is 0.0986. The van der Waals surface area contributed by atoms with Crippen molar-refractivity contribution in [2.75, 3.05) is 18.5 Å². The van der Waals surface area contributed by atoms with Crippen molar-refractivity contribution in [2.45, 2.75) is 24.8 Å². The standard InChI is InChI=1S/C23H23N3O4S/c1-3-14-26-22-21(10-7-13-24-22)30-20-12-11-18(15-19(20)23(26)27)31(28,29)25(2)16-17-8-5-4-6-9-17/h4-13,15H,3,14,16H2,1-2H3. The van der Waals surface area contributed by atoms with E-state index in [0.717, 1.165) is 12.0 Å². The van der Waals surface area contributed by atoms with E-state index in [9.17, 15) is 13.2 Å². The van der Waals surface area contributed by atoms with Crippen LogP contribution in [0.3, 0.4) is 0 Å². The first-order valence-corrected chi connectivity index (χ1v) is 11.4. The number of pyridine rings is 1. The fourth-order valence-electron chi connectivity index (χ4n) is 3.49. The Balaban J connectivity index is 1.72. The molecule has 31 heavy (non-hydrogen) atoms. The Kier molecular flexibility index (Phi) is 5.75. The molecule has 2 heterocycles. The number of carbonyl (C=O) groups is 1. The lowest BCUT2D eigenvalue weighted by atomic mass is 10.1. The molecule has 0 bridgehead atoms. The molecule has 0 spiro atoms. The van der Waals surface area contributed by atoms with Gasteiger partial charge in [0.25, 0.3) is 5.91 Å². The van der Waals surface area contributed by atoms with E-state index in [0.29, 0.717) is 23.9 Å². The predicted octanol–water partition coefficient (Wildman–Crippen LogP) is 4.06. The summed E-state index contributed by atoms with van der Waals surface area (Å²) >= 11 is 0. The Morgan fingerprint density at radius 2 is 1.81 bits per heavy atom. The highest BCUT2D eigenvalue weighted by molar-refractivity contribution is 7.89. The monoisotopic (exact) mass is 437 g/mol. The topological polar surface area (TPSA) is 79.8 Å². The minimum Gasteiger partial charge on any atom is -0.453 e. The first-order valence-electron chi connectivity index (χ1n) is 10.0. The van der Waals surface area contributed by atoms with Gasteiger partial charge in [-0.25, -0.2) is 13.4 Å². The van der Waals surface area contributed by atoms with Crippen molar-refractivity contribution in [3.05, 3.63) is 78.0 Å². The van der Waals surface area contributed by atoms with Gasteiger partial charge in [-0.1, -0.05) is 37.3 Å². The smallest absolute Gasteiger partial charge is 0.263 e. The van der Waals surface area contributed by atoms with Gasteiger partial charge in [-0.3, -0.25) is 9.69 Å². The number of benzene rings is 2. The molecule has 0 fully saturated rings. The molecule has 0 saturated heterocycles. The van der Waals surface area contributed by atoms with Gasteiger partial charge >= 0.3 is 0 Å². The zero-order valence-corrected chi connectivity index (χ0v) is 18.2. The normalized spacial score (nSPS) is 13.4. The minimum atomic E-state index is -3.81. The van der Waals surface area contributed by atoms with Gasteiger partial charge in [0.2, 0.25) is 10.0 Å². The zero-order valence-electron chi connectivity index (χ0n) is 17.4. The van der Waals surface area contributed by atoms with Gasteiger partial charge in [0, 0.05) is 26.3 Å². The van der Waals surface area contributed by atoms with Crippen molar-refractivity contribution < 1.29 is 17.9 Å². The van der Waals surface area contributed by atoms with Gasteiger partial charge in [-0.15, -0.1) is 0 Å².